The van der Waals surface area contributed by atoms with Gasteiger partial charge in [0.05, 0.1) is 29.3 Å². The Balaban J connectivity index is 1.52. The van der Waals surface area contributed by atoms with Crippen LogP contribution in [-0.2, 0) is 13.0 Å². The van der Waals surface area contributed by atoms with E-state index in [0.29, 0.717) is 30.2 Å². The van der Waals surface area contributed by atoms with Crippen LogP contribution in [0, 0.1) is 29.6 Å². The maximum atomic E-state index is 10.0. The number of aliphatic hydroxyl groups excluding tert-OH is 1. The summed E-state index contributed by atoms with van der Waals surface area (Å²) in [6, 6.07) is 10.4. The maximum absolute atomic E-state index is 10.0. The predicted octanol–water partition coefficient (Wildman–Crippen LogP) is 3.68. The monoisotopic (exact) mass is 414 g/mol. The second-order valence-electron chi connectivity index (χ2n) is 8.76. The number of nitriles is 1. The fraction of sp³-hybridized carbons (Fsp3) is 0.375. The van der Waals surface area contributed by atoms with E-state index in [0.717, 1.165) is 23.2 Å². The zero-order valence-electron chi connectivity index (χ0n) is 18.0. The number of benzene rings is 1. The summed E-state index contributed by atoms with van der Waals surface area (Å²) in [5.41, 5.74) is 5.04. The predicted molar refractivity (Wildman–Crippen MR) is 118 cm³/mol. The Kier molecular flexibility index (Phi) is 5.66. The number of rotatable bonds is 6. The van der Waals surface area contributed by atoms with Crippen molar-refractivity contribution in [2.75, 3.05) is 5.32 Å². The highest BCUT2D eigenvalue weighted by molar-refractivity contribution is 5.63. The summed E-state index contributed by atoms with van der Waals surface area (Å²) in [6.07, 6.45) is 5.97. The van der Waals surface area contributed by atoms with Gasteiger partial charge in [0, 0.05) is 23.9 Å². The Morgan fingerprint density at radius 3 is 2.65 bits per heavy atom. The highest BCUT2D eigenvalue weighted by Gasteiger charge is 2.47. The van der Waals surface area contributed by atoms with Gasteiger partial charge in [0.15, 0.2) is 0 Å². The van der Waals surface area contributed by atoms with Crippen LogP contribution < -0.4 is 5.32 Å². The number of nitrogens with one attached hydrogen (secondary N) is 1. The molecule has 4 rings (SSSR count). The molecule has 2 aromatic heterocycles. The molecule has 0 aliphatic heterocycles. The highest BCUT2D eigenvalue weighted by atomic mass is 16.3. The van der Waals surface area contributed by atoms with Crippen molar-refractivity contribution < 1.29 is 5.11 Å². The molecular formula is C24H26N6O. The van der Waals surface area contributed by atoms with Crippen LogP contribution in [-0.4, -0.2) is 31.1 Å². The van der Waals surface area contributed by atoms with Crippen LogP contribution in [0.5, 0.6) is 0 Å². The van der Waals surface area contributed by atoms with Crippen molar-refractivity contribution in [2.45, 2.75) is 46.3 Å². The lowest BCUT2D eigenvalue weighted by molar-refractivity contribution is -0.0978. The van der Waals surface area contributed by atoms with Crippen LogP contribution >= 0.6 is 0 Å². The first-order chi connectivity index (χ1) is 14.9. The Hall–Kier alpha value is -3.37. The van der Waals surface area contributed by atoms with Crippen LogP contribution in [0.3, 0.4) is 0 Å². The highest BCUT2D eigenvalue weighted by Crippen LogP contribution is 2.47. The third kappa shape index (κ3) is 4.25. The van der Waals surface area contributed by atoms with Crippen molar-refractivity contribution in [3.05, 3.63) is 65.4 Å². The molecule has 158 valence electrons. The second-order valence-corrected chi connectivity index (χ2v) is 8.76. The number of aromatic nitrogens is 4. The minimum Gasteiger partial charge on any atom is -0.393 e. The minimum atomic E-state index is -0.305. The Morgan fingerprint density at radius 1 is 1.19 bits per heavy atom. The zero-order valence-corrected chi connectivity index (χ0v) is 18.0. The van der Waals surface area contributed by atoms with Gasteiger partial charge in [0.25, 0.3) is 0 Å². The van der Waals surface area contributed by atoms with Crippen molar-refractivity contribution in [2.24, 2.45) is 11.3 Å². The van der Waals surface area contributed by atoms with Gasteiger partial charge in [-0.2, -0.15) is 5.26 Å². The normalized spacial score (nSPS) is 19.3. The third-order valence-corrected chi connectivity index (χ3v) is 6.40. The van der Waals surface area contributed by atoms with Crippen molar-refractivity contribution in [1.29, 1.82) is 5.26 Å². The first-order valence-corrected chi connectivity index (χ1v) is 10.4. The fourth-order valence-corrected chi connectivity index (χ4v) is 3.95. The number of aliphatic hydroxyl groups is 1. The number of hydrogen-bond donors (Lipinski definition) is 2. The van der Waals surface area contributed by atoms with E-state index in [9.17, 15) is 10.4 Å². The van der Waals surface area contributed by atoms with Crippen molar-refractivity contribution in [3.63, 3.8) is 0 Å². The SMILES string of the molecule is Cc1ccc(-c2ncncc2CNc2ncc(C#N)c(C[C@H]3C[C@@H](O)C3(C)C)n2)cc1. The van der Waals surface area contributed by atoms with Gasteiger partial charge >= 0.3 is 0 Å². The molecule has 7 heteroatoms. The zero-order chi connectivity index (χ0) is 22.0. The molecule has 0 saturated heterocycles. The molecule has 0 radical (unpaired) electrons. The van der Waals surface area contributed by atoms with Gasteiger partial charge in [-0.05, 0) is 31.1 Å². The van der Waals surface area contributed by atoms with Gasteiger partial charge in [0.2, 0.25) is 5.95 Å². The van der Waals surface area contributed by atoms with Crippen molar-refractivity contribution >= 4 is 5.95 Å². The number of anilines is 1. The van der Waals surface area contributed by atoms with Crippen molar-refractivity contribution in [3.8, 4) is 17.3 Å². The molecule has 3 aromatic rings. The first-order valence-electron chi connectivity index (χ1n) is 10.4. The molecule has 2 atom stereocenters. The molecule has 31 heavy (non-hydrogen) atoms. The van der Waals surface area contributed by atoms with Crippen LogP contribution in [0.1, 0.15) is 42.7 Å². The second kappa shape index (κ2) is 8.40. The first kappa shape index (κ1) is 20.9. The van der Waals surface area contributed by atoms with E-state index in [1.807, 2.05) is 12.1 Å². The minimum absolute atomic E-state index is 0.171. The summed E-state index contributed by atoms with van der Waals surface area (Å²) in [7, 11) is 0. The van der Waals surface area contributed by atoms with Crippen molar-refractivity contribution in [1.82, 2.24) is 19.9 Å². The maximum Gasteiger partial charge on any atom is 0.223 e. The Labute approximate surface area is 182 Å². The van der Waals surface area contributed by atoms with Crippen LogP contribution in [0.2, 0.25) is 0 Å². The Bertz CT molecular complexity index is 1120. The molecule has 1 fully saturated rings. The van der Waals surface area contributed by atoms with Gasteiger partial charge in [0.1, 0.15) is 12.4 Å². The molecule has 1 aromatic carbocycles. The summed E-state index contributed by atoms with van der Waals surface area (Å²) in [6.45, 7) is 6.63. The van der Waals surface area contributed by atoms with Crippen LogP contribution in [0.4, 0.5) is 5.95 Å². The van der Waals surface area contributed by atoms with Gasteiger partial charge in [-0.25, -0.2) is 19.9 Å². The van der Waals surface area contributed by atoms with Crippen LogP contribution in [0.15, 0.2) is 43.0 Å². The van der Waals surface area contributed by atoms with E-state index >= 15 is 0 Å². The van der Waals surface area contributed by atoms with Gasteiger partial charge in [-0.1, -0.05) is 43.7 Å². The third-order valence-electron chi connectivity index (χ3n) is 6.40. The number of hydrogen-bond acceptors (Lipinski definition) is 7. The molecule has 1 saturated carbocycles. The largest absolute Gasteiger partial charge is 0.393 e. The molecule has 7 nitrogen and oxygen atoms in total. The molecule has 0 unspecified atom stereocenters. The van der Waals surface area contributed by atoms with Gasteiger partial charge in [-0.15, -0.1) is 0 Å². The summed E-state index contributed by atoms with van der Waals surface area (Å²) < 4.78 is 0. The fourth-order valence-electron chi connectivity index (χ4n) is 3.95. The Morgan fingerprint density at radius 2 is 1.97 bits per heavy atom. The molecule has 2 heterocycles. The molecular weight excluding hydrogens is 388 g/mol. The smallest absolute Gasteiger partial charge is 0.223 e. The topological polar surface area (TPSA) is 108 Å². The molecule has 0 spiro atoms. The van der Waals surface area contributed by atoms with E-state index in [2.05, 4.69) is 64.2 Å². The van der Waals surface area contributed by atoms with E-state index < -0.39 is 0 Å². The van der Waals surface area contributed by atoms with Gasteiger partial charge in [-0.3, -0.25) is 0 Å². The lowest BCUT2D eigenvalue weighted by atomic mass is 9.58. The molecule has 2 N–H and O–H groups in total. The van der Waals surface area contributed by atoms with E-state index in [-0.39, 0.29) is 17.4 Å². The lowest BCUT2D eigenvalue weighted by Gasteiger charge is -2.49. The summed E-state index contributed by atoms with van der Waals surface area (Å²) in [4.78, 5) is 17.6. The van der Waals surface area contributed by atoms with Crippen LogP contribution in [0.25, 0.3) is 11.3 Å². The summed E-state index contributed by atoms with van der Waals surface area (Å²) >= 11 is 0. The standard InChI is InChI=1S/C24H26N6O/c1-15-4-6-16(7-5-15)22-18(11-26-14-29-22)13-28-23-27-12-17(10-25)20(30-23)8-19-9-21(31)24(19,2)3/h4-7,11-12,14,19,21,31H,8-9,13H2,1-3H3,(H,27,28,30)/t19-,21+/m0/s1. The average Bonchev–Trinajstić information content (AvgIpc) is 2.78. The lowest BCUT2D eigenvalue weighted by Crippen LogP contribution is -2.50. The molecule has 1 aliphatic rings. The molecule has 1 aliphatic carbocycles. The summed E-state index contributed by atoms with van der Waals surface area (Å²) in [5.74, 6) is 0.749. The van der Waals surface area contributed by atoms with Gasteiger partial charge < -0.3 is 10.4 Å². The number of aryl methyl sites for hydroxylation is 1. The quantitative estimate of drug-likeness (QED) is 0.633. The van der Waals surface area contributed by atoms with E-state index in [1.54, 1.807) is 18.7 Å². The number of nitrogens with zero attached hydrogens (tertiary/aromatic N) is 5. The van der Waals surface area contributed by atoms with E-state index in [4.69, 9.17) is 0 Å². The van der Waals surface area contributed by atoms with E-state index in [1.165, 1.54) is 5.56 Å². The molecule has 0 amide bonds. The average molecular weight is 415 g/mol. The summed E-state index contributed by atoms with van der Waals surface area (Å²) in [5, 5.41) is 22.7. The molecule has 0 bridgehead atoms.